The van der Waals surface area contributed by atoms with Crippen molar-refractivity contribution < 1.29 is 4.74 Å². The van der Waals surface area contributed by atoms with E-state index in [1.54, 1.807) is 0 Å². The predicted octanol–water partition coefficient (Wildman–Crippen LogP) is 6.15. The van der Waals surface area contributed by atoms with Crippen LogP contribution in [0.15, 0.2) is 84.9 Å². The predicted molar refractivity (Wildman–Crippen MR) is 130 cm³/mol. The third-order valence-electron chi connectivity index (χ3n) is 4.86. The standard InChI is InChI=1S/C25H24N4OS/c1-18-24(27-25(31)26-21-11-5-3-6-12-21)19(2)29(28-18)17-20-10-9-15-23(16-20)30-22-13-7-4-8-14-22/h3-16H,17H2,1-2H3,(H2,26,27,31). The van der Waals surface area contributed by atoms with E-state index in [2.05, 4.69) is 16.7 Å². The molecule has 0 saturated heterocycles. The van der Waals surface area contributed by atoms with E-state index in [0.717, 1.165) is 39.8 Å². The molecule has 0 saturated carbocycles. The summed E-state index contributed by atoms with van der Waals surface area (Å²) in [4.78, 5) is 0. The van der Waals surface area contributed by atoms with Gasteiger partial charge in [0.05, 0.1) is 23.6 Å². The first-order valence-electron chi connectivity index (χ1n) is 10.1. The van der Waals surface area contributed by atoms with Gasteiger partial charge in [0, 0.05) is 5.69 Å². The van der Waals surface area contributed by atoms with Crippen LogP contribution in [0.3, 0.4) is 0 Å². The molecule has 3 aromatic carbocycles. The first-order valence-corrected chi connectivity index (χ1v) is 10.5. The van der Waals surface area contributed by atoms with Crippen molar-refractivity contribution in [1.29, 1.82) is 0 Å². The van der Waals surface area contributed by atoms with Crippen molar-refractivity contribution in [3.8, 4) is 11.5 Å². The molecule has 31 heavy (non-hydrogen) atoms. The van der Waals surface area contributed by atoms with Crippen LogP contribution in [0.4, 0.5) is 11.4 Å². The number of ether oxygens (including phenoxy) is 1. The minimum absolute atomic E-state index is 0.537. The fourth-order valence-corrected chi connectivity index (χ4v) is 3.55. The maximum atomic E-state index is 5.96. The van der Waals surface area contributed by atoms with E-state index in [1.165, 1.54) is 0 Å². The molecule has 0 amide bonds. The number of nitrogens with one attached hydrogen (secondary N) is 2. The fraction of sp³-hybridized carbons (Fsp3) is 0.120. The number of hydrogen-bond donors (Lipinski definition) is 2. The molecule has 5 nitrogen and oxygen atoms in total. The summed E-state index contributed by atoms with van der Waals surface area (Å²) in [6.45, 7) is 4.66. The smallest absolute Gasteiger partial charge is 0.175 e. The van der Waals surface area contributed by atoms with Crippen molar-refractivity contribution in [2.24, 2.45) is 0 Å². The highest BCUT2D eigenvalue weighted by atomic mass is 32.1. The monoisotopic (exact) mass is 428 g/mol. The molecule has 1 aromatic heterocycles. The second-order valence-electron chi connectivity index (χ2n) is 7.21. The number of hydrogen-bond acceptors (Lipinski definition) is 3. The highest BCUT2D eigenvalue weighted by Crippen LogP contribution is 2.24. The van der Waals surface area contributed by atoms with E-state index in [4.69, 9.17) is 22.1 Å². The van der Waals surface area contributed by atoms with Crippen molar-refractivity contribution in [2.45, 2.75) is 20.4 Å². The van der Waals surface area contributed by atoms with Gasteiger partial charge in [-0.15, -0.1) is 0 Å². The number of nitrogens with zero attached hydrogens (tertiary/aromatic N) is 2. The van der Waals surface area contributed by atoms with Gasteiger partial charge >= 0.3 is 0 Å². The van der Waals surface area contributed by atoms with Gasteiger partial charge in [-0.3, -0.25) is 4.68 Å². The van der Waals surface area contributed by atoms with E-state index in [0.29, 0.717) is 11.7 Å². The van der Waals surface area contributed by atoms with Gasteiger partial charge in [0.1, 0.15) is 11.5 Å². The molecule has 4 rings (SSSR count). The Balaban J connectivity index is 1.46. The molecular weight excluding hydrogens is 404 g/mol. The van der Waals surface area contributed by atoms with Crippen LogP contribution in [0, 0.1) is 13.8 Å². The van der Waals surface area contributed by atoms with Crippen LogP contribution in [0.2, 0.25) is 0 Å². The first kappa shape index (κ1) is 20.6. The number of anilines is 2. The summed E-state index contributed by atoms with van der Waals surface area (Å²) in [6.07, 6.45) is 0. The Morgan fingerprint density at radius 2 is 1.55 bits per heavy atom. The highest BCUT2D eigenvalue weighted by Gasteiger charge is 2.13. The molecule has 0 aliphatic rings. The van der Waals surface area contributed by atoms with E-state index in [1.807, 2.05) is 97.4 Å². The largest absolute Gasteiger partial charge is 0.457 e. The molecule has 0 bridgehead atoms. The zero-order valence-electron chi connectivity index (χ0n) is 17.5. The highest BCUT2D eigenvalue weighted by molar-refractivity contribution is 7.80. The van der Waals surface area contributed by atoms with Crippen LogP contribution in [-0.4, -0.2) is 14.9 Å². The summed E-state index contributed by atoms with van der Waals surface area (Å²) in [6, 6.07) is 27.7. The maximum Gasteiger partial charge on any atom is 0.175 e. The molecule has 0 fully saturated rings. The molecule has 0 atom stereocenters. The zero-order chi connectivity index (χ0) is 21.6. The molecule has 0 radical (unpaired) electrons. The van der Waals surface area contributed by atoms with E-state index < -0.39 is 0 Å². The molecule has 0 unspecified atom stereocenters. The lowest BCUT2D eigenvalue weighted by molar-refractivity contribution is 0.481. The number of thiocarbonyl (C=S) groups is 1. The molecule has 0 spiro atoms. The lowest BCUT2D eigenvalue weighted by Crippen LogP contribution is -2.19. The number of para-hydroxylation sites is 2. The Labute approximate surface area is 187 Å². The van der Waals surface area contributed by atoms with Crippen LogP contribution in [0.25, 0.3) is 0 Å². The van der Waals surface area contributed by atoms with Gasteiger partial charge in [-0.25, -0.2) is 0 Å². The zero-order valence-corrected chi connectivity index (χ0v) is 18.3. The SMILES string of the molecule is Cc1nn(Cc2cccc(Oc3ccccc3)c2)c(C)c1NC(=S)Nc1ccccc1. The molecule has 6 heteroatoms. The van der Waals surface area contributed by atoms with Gasteiger partial charge < -0.3 is 15.4 Å². The lowest BCUT2D eigenvalue weighted by Gasteiger charge is -2.11. The second kappa shape index (κ2) is 9.45. The van der Waals surface area contributed by atoms with Gasteiger partial charge in [0.2, 0.25) is 0 Å². The third kappa shape index (κ3) is 5.29. The maximum absolute atomic E-state index is 5.96. The quantitative estimate of drug-likeness (QED) is 0.361. The third-order valence-corrected chi connectivity index (χ3v) is 5.07. The van der Waals surface area contributed by atoms with Gasteiger partial charge in [0.15, 0.2) is 5.11 Å². The average Bonchev–Trinajstić information content (AvgIpc) is 3.03. The Bertz CT molecular complexity index is 1170. The summed E-state index contributed by atoms with van der Waals surface area (Å²) in [7, 11) is 0. The summed E-state index contributed by atoms with van der Waals surface area (Å²) < 4.78 is 7.93. The van der Waals surface area contributed by atoms with Crippen LogP contribution in [0.5, 0.6) is 11.5 Å². The molecule has 0 aliphatic carbocycles. The van der Waals surface area contributed by atoms with Gasteiger partial charge in [0.25, 0.3) is 0 Å². The Morgan fingerprint density at radius 3 is 2.29 bits per heavy atom. The second-order valence-corrected chi connectivity index (χ2v) is 7.62. The van der Waals surface area contributed by atoms with Crippen molar-refractivity contribution in [1.82, 2.24) is 9.78 Å². The number of rotatable bonds is 6. The van der Waals surface area contributed by atoms with E-state index in [-0.39, 0.29) is 0 Å². The number of aryl methyl sites for hydroxylation is 1. The Hall–Kier alpha value is -3.64. The van der Waals surface area contributed by atoms with Crippen LogP contribution in [0.1, 0.15) is 17.0 Å². The summed E-state index contributed by atoms with van der Waals surface area (Å²) in [5.41, 5.74) is 4.88. The minimum atomic E-state index is 0.537. The van der Waals surface area contributed by atoms with Crippen LogP contribution >= 0.6 is 12.2 Å². The molecule has 4 aromatic rings. The van der Waals surface area contributed by atoms with Crippen LogP contribution in [-0.2, 0) is 6.54 Å². The van der Waals surface area contributed by atoms with Gasteiger partial charge in [-0.05, 0) is 68.0 Å². The summed E-state index contributed by atoms with van der Waals surface area (Å²) >= 11 is 5.48. The van der Waals surface area contributed by atoms with Crippen molar-refractivity contribution in [3.63, 3.8) is 0 Å². The fourth-order valence-electron chi connectivity index (χ4n) is 3.33. The van der Waals surface area contributed by atoms with Crippen molar-refractivity contribution in [3.05, 3.63) is 102 Å². The molecule has 156 valence electrons. The van der Waals surface area contributed by atoms with Gasteiger partial charge in [-0.2, -0.15) is 5.10 Å². The average molecular weight is 429 g/mol. The van der Waals surface area contributed by atoms with E-state index in [9.17, 15) is 0 Å². The molecule has 0 aliphatic heterocycles. The van der Waals surface area contributed by atoms with Gasteiger partial charge in [-0.1, -0.05) is 48.5 Å². The minimum Gasteiger partial charge on any atom is -0.457 e. The van der Waals surface area contributed by atoms with Crippen molar-refractivity contribution in [2.75, 3.05) is 10.6 Å². The normalized spacial score (nSPS) is 10.5. The Kier molecular flexibility index (Phi) is 6.29. The van der Waals surface area contributed by atoms with Crippen LogP contribution < -0.4 is 15.4 Å². The summed E-state index contributed by atoms with van der Waals surface area (Å²) in [5, 5.41) is 11.7. The molecule has 1 heterocycles. The topological polar surface area (TPSA) is 51.1 Å². The number of benzene rings is 3. The lowest BCUT2D eigenvalue weighted by atomic mass is 10.2. The van der Waals surface area contributed by atoms with Crippen molar-refractivity contribution >= 4 is 28.7 Å². The summed E-state index contributed by atoms with van der Waals surface area (Å²) in [5.74, 6) is 1.62. The molecule has 2 N–H and O–H groups in total. The first-order chi connectivity index (χ1) is 15.1. The Morgan fingerprint density at radius 1 is 0.871 bits per heavy atom. The molecular formula is C25H24N4OS. The number of aromatic nitrogens is 2. The van der Waals surface area contributed by atoms with E-state index >= 15 is 0 Å².